The van der Waals surface area contributed by atoms with E-state index in [1.54, 1.807) is 6.08 Å². The van der Waals surface area contributed by atoms with Crippen LogP contribution in [-0.2, 0) is 20.7 Å². The van der Waals surface area contributed by atoms with Crippen molar-refractivity contribution < 1.29 is 14.3 Å². The lowest BCUT2D eigenvalue weighted by Crippen LogP contribution is -2.42. The highest BCUT2D eigenvalue weighted by Gasteiger charge is 2.22. The summed E-state index contributed by atoms with van der Waals surface area (Å²) in [6, 6.07) is 7.13. The fourth-order valence-corrected chi connectivity index (χ4v) is 2.43. The van der Waals surface area contributed by atoms with Gasteiger partial charge in [0.15, 0.2) is 0 Å². The molecule has 0 fully saturated rings. The van der Waals surface area contributed by atoms with E-state index in [1.807, 2.05) is 37.4 Å². The molecule has 2 aromatic rings. The first-order valence-electron chi connectivity index (χ1n) is 7.75. The van der Waals surface area contributed by atoms with Gasteiger partial charge in [-0.2, -0.15) is 0 Å². The van der Waals surface area contributed by atoms with Crippen molar-refractivity contribution in [2.75, 3.05) is 7.11 Å². The second-order valence-corrected chi connectivity index (χ2v) is 5.34. The van der Waals surface area contributed by atoms with E-state index in [1.165, 1.54) is 13.2 Å². The molecule has 5 nitrogen and oxygen atoms in total. The van der Waals surface area contributed by atoms with Gasteiger partial charge in [-0.3, -0.25) is 4.79 Å². The number of nitrogens with one attached hydrogen (secondary N) is 2. The van der Waals surface area contributed by atoms with Gasteiger partial charge >= 0.3 is 5.97 Å². The number of hydrogen-bond acceptors (Lipinski definition) is 3. The molecule has 0 radical (unpaired) electrons. The van der Waals surface area contributed by atoms with Crippen LogP contribution in [0.2, 0.25) is 0 Å². The molecular formula is C18H22N2O3. The Morgan fingerprint density at radius 1 is 1.35 bits per heavy atom. The summed E-state index contributed by atoms with van der Waals surface area (Å²) < 4.78 is 4.81. The summed E-state index contributed by atoms with van der Waals surface area (Å²) in [5.74, 6) is -0.735. The number of aromatic amines is 1. The third kappa shape index (κ3) is 4.45. The summed E-state index contributed by atoms with van der Waals surface area (Å²) in [6.45, 7) is 2.04. The number of unbranched alkanes of at least 4 members (excludes halogenated alkanes) is 1. The summed E-state index contributed by atoms with van der Waals surface area (Å²) in [5.41, 5.74) is 1.97. The minimum Gasteiger partial charge on any atom is -0.467 e. The van der Waals surface area contributed by atoms with E-state index in [0.717, 1.165) is 29.3 Å². The smallest absolute Gasteiger partial charge is 0.328 e. The Balaban J connectivity index is 2.12. The molecule has 0 unspecified atom stereocenters. The van der Waals surface area contributed by atoms with Crippen LogP contribution in [0.15, 0.2) is 42.6 Å². The molecule has 0 aliphatic heterocycles. The second kappa shape index (κ2) is 8.17. The second-order valence-electron chi connectivity index (χ2n) is 5.34. The number of para-hydroxylation sites is 1. The molecule has 0 saturated heterocycles. The molecule has 0 aliphatic carbocycles. The lowest BCUT2D eigenvalue weighted by molar-refractivity contribution is -0.144. The molecule has 122 valence electrons. The fourth-order valence-electron chi connectivity index (χ4n) is 2.43. The molecule has 5 heteroatoms. The average molecular weight is 314 g/mol. The van der Waals surface area contributed by atoms with E-state index in [-0.39, 0.29) is 5.91 Å². The Morgan fingerprint density at radius 2 is 2.13 bits per heavy atom. The summed E-state index contributed by atoms with van der Waals surface area (Å²) in [6.07, 6.45) is 7.31. The van der Waals surface area contributed by atoms with Gasteiger partial charge < -0.3 is 15.0 Å². The Hall–Kier alpha value is -2.56. The van der Waals surface area contributed by atoms with Gasteiger partial charge in [-0.05, 0) is 24.1 Å². The first-order valence-corrected chi connectivity index (χ1v) is 7.75. The number of carbonyl (C=O) groups is 2. The molecule has 0 bridgehead atoms. The number of fused-ring (bicyclic) bond motifs is 1. The quantitative estimate of drug-likeness (QED) is 0.610. The average Bonchev–Trinajstić information content (AvgIpc) is 2.97. The number of H-pyrrole nitrogens is 1. The molecule has 23 heavy (non-hydrogen) atoms. The number of esters is 1. The summed E-state index contributed by atoms with van der Waals surface area (Å²) in [4.78, 5) is 27.1. The van der Waals surface area contributed by atoms with Gasteiger partial charge in [-0.1, -0.05) is 37.6 Å². The van der Waals surface area contributed by atoms with Crippen molar-refractivity contribution in [3.8, 4) is 0 Å². The number of benzene rings is 1. The summed E-state index contributed by atoms with van der Waals surface area (Å²) in [7, 11) is 1.32. The van der Waals surface area contributed by atoms with Gasteiger partial charge in [0.1, 0.15) is 6.04 Å². The Morgan fingerprint density at radius 3 is 2.87 bits per heavy atom. The molecule has 0 saturated carbocycles. The number of allylic oxidation sites excluding steroid dienone is 1. The molecule has 0 aliphatic rings. The zero-order chi connectivity index (χ0) is 16.7. The van der Waals surface area contributed by atoms with Crippen LogP contribution in [0.4, 0.5) is 0 Å². The molecule has 2 N–H and O–H groups in total. The zero-order valence-electron chi connectivity index (χ0n) is 13.5. The minimum atomic E-state index is -0.710. The van der Waals surface area contributed by atoms with Gasteiger partial charge in [0.25, 0.3) is 0 Å². The van der Waals surface area contributed by atoms with Gasteiger partial charge in [0.05, 0.1) is 7.11 Å². The van der Waals surface area contributed by atoms with E-state index >= 15 is 0 Å². The normalized spacial score (nSPS) is 12.4. The van der Waals surface area contributed by atoms with E-state index in [4.69, 9.17) is 4.74 Å². The van der Waals surface area contributed by atoms with Crippen LogP contribution < -0.4 is 5.32 Å². The number of amides is 1. The lowest BCUT2D eigenvalue weighted by Gasteiger charge is -2.15. The largest absolute Gasteiger partial charge is 0.467 e. The highest BCUT2D eigenvalue weighted by atomic mass is 16.5. The van der Waals surface area contributed by atoms with E-state index < -0.39 is 12.0 Å². The zero-order valence-corrected chi connectivity index (χ0v) is 13.5. The van der Waals surface area contributed by atoms with Crippen molar-refractivity contribution in [3.05, 3.63) is 48.2 Å². The third-order valence-electron chi connectivity index (χ3n) is 3.63. The van der Waals surface area contributed by atoms with Crippen LogP contribution in [0.1, 0.15) is 25.3 Å². The van der Waals surface area contributed by atoms with E-state index in [0.29, 0.717) is 6.42 Å². The SMILES string of the molecule is CCC/C=C/C(=O)N[C@@H](Cc1c[nH]c2ccccc12)C(=O)OC. The number of hydrogen-bond donors (Lipinski definition) is 2. The van der Waals surface area contributed by atoms with Crippen LogP contribution in [0.5, 0.6) is 0 Å². The van der Waals surface area contributed by atoms with E-state index in [9.17, 15) is 9.59 Å². The van der Waals surface area contributed by atoms with Crippen molar-refractivity contribution >= 4 is 22.8 Å². The van der Waals surface area contributed by atoms with Crippen LogP contribution in [0.25, 0.3) is 10.9 Å². The van der Waals surface area contributed by atoms with Crippen molar-refractivity contribution in [1.82, 2.24) is 10.3 Å². The summed E-state index contributed by atoms with van der Waals surface area (Å²) >= 11 is 0. The molecular weight excluding hydrogens is 292 g/mol. The number of ether oxygens (including phenoxy) is 1. The topological polar surface area (TPSA) is 71.2 Å². The maximum absolute atomic E-state index is 12.0. The van der Waals surface area contributed by atoms with Crippen LogP contribution in [0.3, 0.4) is 0 Å². The number of aromatic nitrogens is 1. The molecule has 1 aromatic carbocycles. The fraction of sp³-hybridized carbons (Fsp3) is 0.333. The Kier molecular flexibility index (Phi) is 5.97. The van der Waals surface area contributed by atoms with Crippen LogP contribution in [-0.4, -0.2) is 30.0 Å². The first-order chi connectivity index (χ1) is 11.2. The molecule has 0 spiro atoms. The minimum absolute atomic E-state index is 0.284. The highest BCUT2D eigenvalue weighted by Crippen LogP contribution is 2.19. The monoisotopic (exact) mass is 314 g/mol. The van der Waals surface area contributed by atoms with Crippen molar-refractivity contribution in [2.45, 2.75) is 32.2 Å². The number of carbonyl (C=O) groups excluding carboxylic acids is 2. The Bertz CT molecular complexity index is 703. The molecule has 1 amide bonds. The van der Waals surface area contributed by atoms with Gasteiger partial charge in [-0.25, -0.2) is 4.79 Å². The molecule has 1 aromatic heterocycles. The molecule has 2 rings (SSSR count). The highest BCUT2D eigenvalue weighted by molar-refractivity contribution is 5.92. The third-order valence-corrected chi connectivity index (χ3v) is 3.63. The molecule has 1 heterocycles. The standard InChI is InChI=1S/C18H22N2O3/c1-3-4-5-10-17(21)20-16(18(22)23-2)11-13-12-19-15-9-7-6-8-14(13)15/h5-10,12,16,19H,3-4,11H2,1-2H3,(H,20,21)/b10-5+/t16-/m0/s1. The summed E-state index contributed by atoms with van der Waals surface area (Å²) in [5, 5.41) is 3.75. The Labute approximate surface area is 135 Å². The van der Waals surface area contributed by atoms with Gasteiger partial charge in [0.2, 0.25) is 5.91 Å². The number of methoxy groups -OCH3 is 1. The predicted molar refractivity (Wildman–Crippen MR) is 90.0 cm³/mol. The van der Waals surface area contributed by atoms with Crippen molar-refractivity contribution in [3.63, 3.8) is 0 Å². The predicted octanol–water partition coefficient (Wildman–Crippen LogP) is 2.72. The number of rotatable bonds is 7. The lowest BCUT2D eigenvalue weighted by atomic mass is 10.0. The van der Waals surface area contributed by atoms with Crippen molar-refractivity contribution in [1.29, 1.82) is 0 Å². The maximum atomic E-state index is 12.0. The van der Waals surface area contributed by atoms with Gasteiger partial charge in [0, 0.05) is 23.5 Å². The van der Waals surface area contributed by atoms with Crippen LogP contribution >= 0.6 is 0 Å². The van der Waals surface area contributed by atoms with Crippen LogP contribution in [0, 0.1) is 0 Å². The van der Waals surface area contributed by atoms with E-state index in [2.05, 4.69) is 10.3 Å². The maximum Gasteiger partial charge on any atom is 0.328 e. The first kappa shape index (κ1) is 16.8. The molecule has 1 atom stereocenters. The van der Waals surface area contributed by atoms with Gasteiger partial charge in [-0.15, -0.1) is 0 Å². The van der Waals surface area contributed by atoms with Crippen molar-refractivity contribution in [2.24, 2.45) is 0 Å².